The van der Waals surface area contributed by atoms with Gasteiger partial charge in [-0.3, -0.25) is 9.36 Å². The Kier molecular flexibility index (Phi) is 4.99. The van der Waals surface area contributed by atoms with Crippen LogP contribution in [-0.4, -0.2) is 18.7 Å². The van der Waals surface area contributed by atoms with Crippen molar-refractivity contribution < 1.29 is 8.81 Å². The van der Waals surface area contributed by atoms with E-state index in [1.54, 1.807) is 53.1 Å². The molecule has 0 aliphatic heterocycles. The van der Waals surface area contributed by atoms with Gasteiger partial charge in [-0.05, 0) is 54.1 Å². The predicted molar refractivity (Wildman–Crippen MR) is 118 cm³/mol. The molecule has 3 aromatic heterocycles. The molecule has 32 heavy (non-hydrogen) atoms. The molecule has 5 aromatic rings. The molecule has 0 fully saturated rings. The van der Waals surface area contributed by atoms with Gasteiger partial charge in [0.05, 0.1) is 24.8 Å². The second-order valence-corrected chi connectivity index (χ2v) is 7.68. The monoisotopic (exact) mass is 450 g/mol. The first-order valence-electron chi connectivity index (χ1n) is 9.75. The van der Waals surface area contributed by atoms with Crippen molar-refractivity contribution in [2.75, 3.05) is 0 Å². The zero-order valence-corrected chi connectivity index (χ0v) is 17.4. The number of furan rings is 1. The molecule has 0 spiro atoms. The standard InChI is InChI=1S/C23H16ClFN4O3/c24-16-6-8-18(9-7-16)29-21-20(22(30)28(23(29)31)13-19-5-2-10-32-19)27(14-26-21)12-15-3-1-4-17(25)11-15/h1-11,14H,12-13H2. The SMILES string of the molecule is O=c1c2c(ncn2Cc2cccc(F)c2)n(-c2ccc(Cl)cc2)c(=O)n1Cc1ccco1. The zero-order valence-electron chi connectivity index (χ0n) is 16.6. The molecule has 0 bridgehead atoms. The summed E-state index contributed by atoms with van der Waals surface area (Å²) in [5.74, 6) is 0.0858. The van der Waals surface area contributed by atoms with Crippen LogP contribution in [0.1, 0.15) is 11.3 Å². The van der Waals surface area contributed by atoms with E-state index in [1.165, 1.54) is 29.3 Å². The van der Waals surface area contributed by atoms with E-state index in [2.05, 4.69) is 4.98 Å². The summed E-state index contributed by atoms with van der Waals surface area (Å²) < 4.78 is 23.1. The molecule has 0 saturated heterocycles. The van der Waals surface area contributed by atoms with Gasteiger partial charge in [0.25, 0.3) is 5.56 Å². The Hall–Kier alpha value is -3.91. The van der Waals surface area contributed by atoms with Crippen LogP contribution in [0.5, 0.6) is 0 Å². The molecule has 0 atom stereocenters. The van der Waals surface area contributed by atoms with E-state index in [9.17, 15) is 14.0 Å². The number of hydrogen-bond donors (Lipinski definition) is 0. The van der Waals surface area contributed by atoms with E-state index in [4.69, 9.17) is 16.0 Å². The van der Waals surface area contributed by atoms with E-state index in [0.29, 0.717) is 22.0 Å². The fourth-order valence-corrected chi connectivity index (χ4v) is 3.78. The summed E-state index contributed by atoms with van der Waals surface area (Å²) >= 11 is 6.01. The van der Waals surface area contributed by atoms with Gasteiger partial charge in [0.1, 0.15) is 11.6 Å². The second kappa shape index (κ2) is 7.97. The molecule has 0 saturated carbocycles. The third-order valence-corrected chi connectivity index (χ3v) is 5.37. The molecule has 5 rings (SSSR count). The lowest BCUT2D eigenvalue weighted by atomic mass is 10.2. The lowest BCUT2D eigenvalue weighted by molar-refractivity contribution is 0.482. The average Bonchev–Trinajstić information content (AvgIpc) is 3.43. The van der Waals surface area contributed by atoms with Gasteiger partial charge in [-0.25, -0.2) is 18.7 Å². The van der Waals surface area contributed by atoms with Crippen molar-refractivity contribution in [2.45, 2.75) is 13.1 Å². The van der Waals surface area contributed by atoms with E-state index >= 15 is 0 Å². The average molecular weight is 451 g/mol. The number of nitrogens with zero attached hydrogens (tertiary/aromatic N) is 4. The maximum absolute atomic E-state index is 13.7. The number of aromatic nitrogens is 4. The van der Waals surface area contributed by atoms with Crippen LogP contribution >= 0.6 is 11.6 Å². The molecule has 7 nitrogen and oxygen atoms in total. The van der Waals surface area contributed by atoms with E-state index < -0.39 is 11.2 Å². The second-order valence-electron chi connectivity index (χ2n) is 7.24. The van der Waals surface area contributed by atoms with Crippen LogP contribution < -0.4 is 11.2 Å². The van der Waals surface area contributed by atoms with Gasteiger partial charge in [-0.2, -0.15) is 0 Å². The molecule has 9 heteroatoms. The first-order chi connectivity index (χ1) is 15.5. The Balaban J connectivity index is 1.76. The Bertz CT molecular complexity index is 1530. The maximum Gasteiger partial charge on any atom is 0.337 e. The highest BCUT2D eigenvalue weighted by molar-refractivity contribution is 6.30. The summed E-state index contributed by atoms with van der Waals surface area (Å²) in [6, 6.07) is 16.1. The largest absolute Gasteiger partial charge is 0.467 e. The van der Waals surface area contributed by atoms with E-state index in [1.807, 2.05) is 0 Å². The van der Waals surface area contributed by atoms with Crippen LogP contribution in [-0.2, 0) is 13.1 Å². The lowest BCUT2D eigenvalue weighted by Gasteiger charge is -2.12. The van der Waals surface area contributed by atoms with Crippen LogP contribution in [0.2, 0.25) is 5.02 Å². The van der Waals surface area contributed by atoms with Crippen molar-refractivity contribution in [3.05, 3.63) is 116 Å². The van der Waals surface area contributed by atoms with Crippen LogP contribution in [0.15, 0.2) is 87.3 Å². The van der Waals surface area contributed by atoms with Crippen LogP contribution in [0, 0.1) is 5.82 Å². The molecule has 160 valence electrons. The molecular weight excluding hydrogens is 435 g/mol. The molecule has 3 heterocycles. The summed E-state index contributed by atoms with van der Waals surface area (Å²) in [7, 11) is 0. The van der Waals surface area contributed by atoms with Crippen molar-refractivity contribution >= 4 is 22.8 Å². The summed E-state index contributed by atoms with van der Waals surface area (Å²) in [4.78, 5) is 31.1. The van der Waals surface area contributed by atoms with Gasteiger partial charge >= 0.3 is 5.69 Å². The molecule has 0 aliphatic carbocycles. The fourth-order valence-electron chi connectivity index (χ4n) is 3.65. The number of fused-ring (bicyclic) bond motifs is 1. The Morgan fingerprint density at radius 2 is 1.81 bits per heavy atom. The van der Waals surface area contributed by atoms with Crippen LogP contribution in [0.4, 0.5) is 4.39 Å². The molecule has 2 aromatic carbocycles. The number of benzene rings is 2. The molecule has 0 radical (unpaired) electrons. The van der Waals surface area contributed by atoms with Gasteiger partial charge in [0.15, 0.2) is 11.2 Å². The maximum atomic E-state index is 13.7. The normalized spacial score (nSPS) is 11.3. The third kappa shape index (κ3) is 3.54. The van der Waals surface area contributed by atoms with Gasteiger partial charge in [-0.1, -0.05) is 23.7 Å². The van der Waals surface area contributed by atoms with Crippen molar-refractivity contribution in [1.29, 1.82) is 0 Å². The quantitative estimate of drug-likeness (QED) is 0.408. The summed E-state index contributed by atoms with van der Waals surface area (Å²) in [6.07, 6.45) is 2.95. The Labute approximate surface area is 185 Å². The highest BCUT2D eigenvalue weighted by Gasteiger charge is 2.20. The zero-order chi connectivity index (χ0) is 22.2. The Morgan fingerprint density at radius 3 is 2.53 bits per heavy atom. The minimum absolute atomic E-state index is 0.0423. The van der Waals surface area contributed by atoms with Gasteiger partial charge in [0, 0.05) is 11.6 Å². The van der Waals surface area contributed by atoms with Crippen LogP contribution in [0.3, 0.4) is 0 Å². The van der Waals surface area contributed by atoms with Crippen molar-refractivity contribution in [1.82, 2.24) is 18.7 Å². The first kappa shape index (κ1) is 20.0. The van der Waals surface area contributed by atoms with Crippen LogP contribution in [0.25, 0.3) is 16.9 Å². The number of halogens is 2. The predicted octanol–water partition coefficient (Wildman–Crippen LogP) is 3.83. The van der Waals surface area contributed by atoms with Crippen molar-refractivity contribution in [3.8, 4) is 5.69 Å². The van der Waals surface area contributed by atoms with Gasteiger partial charge in [-0.15, -0.1) is 0 Å². The highest BCUT2D eigenvalue weighted by atomic mass is 35.5. The molecule has 0 unspecified atom stereocenters. The molecule has 0 aliphatic rings. The van der Waals surface area contributed by atoms with Crippen molar-refractivity contribution in [3.63, 3.8) is 0 Å². The summed E-state index contributed by atoms with van der Waals surface area (Å²) in [6.45, 7) is 0.169. The smallest absolute Gasteiger partial charge is 0.337 e. The van der Waals surface area contributed by atoms with Gasteiger partial charge in [0.2, 0.25) is 0 Å². The van der Waals surface area contributed by atoms with Gasteiger partial charge < -0.3 is 8.98 Å². The van der Waals surface area contributed by atoms with E-state index in [-0.39, 0.29) is 30.1 Å². The molecule has 0 amide bonds. The summed E-state index contributed by atoms with van der Waals surface area (Å²) in [5.41, 5.74) is 0.515. The number of hydrogen-bond acceptors (Lipinski definition) is 4. The fraction of sp³-hybridized carbons (Fsp3) is 0.0870. The first-order valence-corrected chi connectivity index (χ1v) is 10.1. The molecular formula is C23H16ClFN4O3. The third-order valence-electron chi connectivity index (χ3n) is 5.12. The number of imidazole rings is 1. The lowest BCUT2D eigenvalue weighted by Crippen LogP contribution is -2.40. The summed E-state index contributed by atoms with van der Waals surface area (Å²) in [5, 5.41) is 0.513. The molecule has 0 N–H and O–H groups in total. The topological polar surface area (TPSA) is 75.0 Å². The minimum atomic E-state index is -0.558. The minimum Gasteiger partial charge on any atom is -0.467 e. The highest BCUT2D eigenvalue weighted by Crippen LogP contribution is 2.17. The van der Waals surface area contributed by atoms with Crippen molar-refractivity contribution in [2.24, 2.45) is 0 Å². The Morgan fingerprint density at radius 1 is 1.00 bits per heavy atom. The van der Waals surface area contributed by atoms with E-state index in [0.717, 1.165) is 4.57 Å². The number of rotatable bonds is 5.